The first-order chi connectivity index (χ1) is 9.79. The predicted octanol–water partition coefficient (Wildman–Crippen LogP) is 2.78. The third-order valence-corrected chi connectivity index (χ3v) is 3.55. The number of benzene rings is 1. The van der Waals surface area contributed by atoms with E-state index in [9.17, 15) is 0 Å². The van der Waals surface area contributed by atoms with E-state index < -0.39 is 0 Å². The number of aromatic nitrogens is 2. The molecule has 1 atom stereocenters. The molecule has 1 aromatic heterocycles. The minimum absolute atomic E-state index is 0.206. The summed E-state index contributed by atoms with van der Waals surface area (Å²) in [7, 11) is 0. The molecule has 1 aliphatic rings. The maximum Gasteiger partial charge on any atom is 0.142 e. The molecule has 0 N–H and O–H groups in total. The van der Waals surface area contributed by atoms with Gasteiger partial charge in [0, 0.05) is 30.5 Å². The first kappa shape index (κ1) is 13.3. The summed E-state index contributed by atoms with van der Waals surface area (Å²) in [4.78, 5) is 10.8. The van der Waals surface area contributed by atoms with E-state index in [1.165, 1.54) is 0 Å². The Morgan fingerprint density at radius 2 is 2.10 bits per heavy atom. The van der Waals surface area contributed by atoms with Crippen LogP contribution in [0, 0.1) is 0 Å². The van der Waals surface area contributed by atoms with E-state index in [2.05, 4.69) is 14.9 Å². The number of hydrogen-bond donors (Lipinski definition) is 0. The summed E-state index contributed by atoms with van der Waals surface area (Å²) in [5.74, 6) is 1.69. The van der Waals surface area contributed by atoms with Gasteiger partial charge >= 0.3 is 0 Å². The molecule has 1 aliphatic heterocycles. The lowest BCUT2D eigenvalue weighted by atomic mass is 10.3. The van der Waals surface area contributed by atoms with Crippen molar-refractivity contribution in [3.8, 4) is 5.75 Å². The SMILES string of the molecule is Clc1cccc(O[C@H]2CCN(Cc3ncccn3)C2)c1. The highest BCUT2D eigenvalue weighted by atomic mass is 35.5. The molecule has 0 unspecified atom stereocenters. The van der Waals surface area contributed by atoms with Crippen LogP contribution in [0.2, 0.25) is 5.02 Å². The maximum absolute atomic E-state index is 5.96. The maximum atomic E-state index is 5.96. The fourth-order valence-corrected chi connectivity index (χ4v) is 2.56. The number of nitrogens with zero attached hydrogens (tertiary/aromatic N) is 3. The van der Waals surface area contributed by atoms with Crippen molar-refractivity contribution in [2.24, 2.45) is 0 Å². The van der Waals surface area contributed by atoms with Gasteiger partial charge in [0.25, 0.3) is 0 Å². The van der Waals surface area contributed by atoms with Crippen LogP contribution in [0.5, 0.6) is 5.75 Å². The van der Waals surface area contributed by atoms with E-state index >= 15 is 0 Å². The molecule has 0 bridgehead atoms. The van der Waals surface area contributed by atoms with Crippen LogP contribution in [0.15, 0.2) is 42.7 Å². The molecular weight excluding hydrogens is 274 g/mol. The molecule has 4 nitrogen and oxygen atoms in total. The number of likely N-dealkylation sites (tertiary alicyclic amines) is 1. The van der Waals surface area contributed by atoms with E-state index in [1.807, 2.05) is 30.3 Å². The van der Waals surface area contributed by atoms with Gasteiger partial charge in [-0.05, 0) is 30.7 Å². The van der Waals surface area contributed by atoms with Gasteiger partial charge in [-0.2, -0.15) is 0 Å². The van der Waals surface area contributed by atoms with Crippen molar-refractivity contribution in [1.29, 1.82) is 0 Å². The zero-order valence-corrected chi connectivity index (χ0v) is 11.8. The van der Waals surface area contributed by atoms with E-state index in [1.54, 1.807) is 12.4 Å². The van der Waals surface area contributed by atoms with Crippen LogP contribution in [0.4, 0.5) is 0 Å². The summed E-state index contributed by atoms with van der Waals surface area (Å²) in [6, 6.07) is 9.38. The average molecular weight is 290 g/mol. The van der Waals surface area contributed by atoms with Crippen LogP contribution < -0.4 is 4.74 Å². The fourth-order valence-electron chi connectivity index (χ4n) is 2.38. The van der Waals surface area contributed by atoms with Gasteiger partial charge in [-0.15, -0.1) is 0 Å². The van der Waals surface area contributed by atoms with Gasteiger partial charge in [-0.25, -0.2) is 9.97 Å². The molecule has 20 heavy (non-hydrogen) atoms. The van der Waals surface area contributed by atoms with E-state index in [4.69, 9.17) is 16.3 Å². The summed E-state index contributed by atoms with van der Waals surface area (Å²) in [6.07, 6.45) is 4.77. The van der Waals surface area contributed by atoms with Crippen molar-refractivity contribution in [2.75, 3.05) is 13.1 Å². The zero-order valence-electron chi connectivity index (χ0n) is 11.1. The molecule has 0 saturated carbocycles. The molecule has 2 aromatic rings. The number of hydrogen-bond acceptors (Lipinski definition) is 4. The molecule has 0 radical (unpaired) electrons. The monoisotopic (exact) mass is 289 g/mol. The molecular formula is C15H16ClN3O. The molecule has 104 valence electrons. The van der Waals surface area contributed by atoms with Gasteiger partial charge in [-0.3, -0.25) is 4.90 Å². The summed E-state index contributed by atoms with van der Waals surface area (Å²) in [5.41, 5.74) is 0. The molecule has 1 saturated heterocycles. The quantitative estimate of drug-likeness (QED) is 0.867. The van der Waals surface area contributed by atoms with E-state index in [0.29, 0.717) is 5.02 Å². The van der Waals surface area contributed by atoms with Gasteiger partial charge in [0.2, 0.25) is 0 Å². The zero-order chi connectivity index (χ0) is 13.8. The van der Waals surface area contributed by atoms with Gasteiger partial charge in [0.1, 0.15) is 17.7 Å². The molecule has 1 aromatic carbocycles. The first-order valence-electron chi connectivity index (χ1n) is 6.70. The second-order valence-electron chi connectivity index (χ2n) is 4.89. The van der Waals surface area contributed by atoms with Crippen molar-refractivity contribution in [1.82, 2.24) is 14.9 Å². The molecule has 2 heterocycles. The lowest BCUT2D eigenvalue weighted by Gasteiger charge is -2.16. The molecule has 5 heteroatoms. The highest BCUT2D eigenvalue weighted by molar-refractivity contribution is 6.30. The Morgan fingerprint density at radius 3 is 2.90 bits per heavy atom. The van der Waals surface area contributed by atoms with Crippen LogP contribution in [0.25, 0.3) is 0 Å². The second-order valence-corrected chi connectivity index (χ2v) is 5.32. The Labute approximate surface area is 123 Å². The topological polar surface area (TPSA) is 38.2 Å². The summed E-state index contributed by atoms with van der Waals surface area (Å²) < 4.78 is 5.96. The third kappa shape index (κ3) is 3.46. The normalized spacial score (nSPS) is 19.1. The summed E-state index contributed by atoms with van der Waals surface area (Å²) in [6.45, 7) is 2.67. The van der Waals surface area contributed by atoms with E-state index in [0.717, 1.165) is 37.6 Å². The number of ether oxygens (including phenoxy) is 1. The van der Waals surface area contributed by atoms with Crippen LogP contribution in [-0.2, 0) is 6.54 Å². The van der Waals surface area contributed by atoms with Gasteiger partial charge in [0.05, 0.1) is 6.54 Å². The van der Waals surface area contributed by atoms with Crippen LogP contribution in [0.1, 0.15) is 12.2 Å². The Balaban J connectivity index is 1.54. The molecule has 0 spiro atoms. The molecule has 1 fully saturated rings. The van der Waals surface area contributed by atoms with Crippen LogP contribution in [0.3, 0.4) is 0 Å². The van der Waals surface area contributed by atoms with Crippen molar-refractivity contribution in [3.05, 3.63) is 53.6 Å². The van der Waals surface area contributed by atoms with E-state index in [-0.39, 0.29) is 6.10 Å². The fraction of sp³-hybridized carbons (Fsp3) is 0.333. The van der Waals surface area contributed by atoms with Crippen molar-refractivity contribution in [3.63, 3.8) is 0 Å². The Morgan fingerprint density at radius 1 is 1.25 bits per heavy atom. The lowest BCUT2D eigenvalue weighted by molar-refractivity contribution is 0.197. The largest absolute Gasteiger partial charge is 0.489 e. The molecule has 3 rings (SSSR count). The third-order valence-electron chi connectivity index (χ3n) is 3.31. The Bertz CT molecular complexity index is 564. The van der Waals surface area contributed by atoms with Gasteiger partial charge in [0.15, 0.2) is 0 Å². The van der Waals surface area contributed by atoms with Gasteiger partial charge < -0.3 is 4.74 Å². The van der Waals surface area contributed by atoms with Crippen molar-refractivity contribution < 1.29 is 4.74 Å². The number of halogens is 1. The smallest absolute Gasteiger partial charge is 0.142 e. The summed E-state index contributed by atoms with van der Waals surface area (Å²) in [5, 5.41) is 0.704. The predicted molar refractivity (Wildman–Crippen MR) is 77.8 cm³/mol. The standard InChI is InChI=1S/C15H16ClN3O/c16-12-3-1-4-13(9-12)20-14-5-8-19(10-14)11-15-17-6-2-7-18-15/h1-4,6-7,9,14H,5,8,10-11H2/t14-/m0/s1. The van der Waals surface area contributed by atoms with Crippen molar-refractivity contribution >= 4 is 11.6 Å². The van der Waals surface area contributed by atoms with Crippen LogP contribution >= 0.6 is 11.6 Å². The first-order valence-corrected chi connectivity index (χ1v) is 7.08. The Hall–Kier alpha value is -1.65. The van der Waals surface area contributed by atoms with Crippen LogP contribution in [-0.4, -0.2) is 34.1 Å². The second kappa shape index (κ2) is 6.20. The Kier molecular flexibility index (Phi) is 4.14. The molecule has 0 amide bonds. The van der Waals surface area contributed by atoms with Crippen molar-refractivity contribution in [2.45, 2.75) is 19.1 Å². The average Bonchev–Trinajstić information content (AvgIpc) is 2.87. The number of rotatable bonds is 4. The highest BCUT2D eigenvalue weighted by Crippen LogP contribution is 2.22. The summed E-state index contributed by atoms with van der Waals surface area (Å²) >= 11 is 5.96. The highest BCUT2D eigenvalue weighted by Gasteiger charge is 2.24. The minimum atomic E-state index is 0.206. The minimum Gasteiger partial charge on any atom is -0.489 e. The van der Waals surface area contributed by atoms with Gasteiger partial charge in [-0.1, -0.05) is 17.7 Å². The lowest BCUT2D eigenvalue weighted by Crippen LogP contribution is -2.25. The molecule has 0 aliphatic carbocycles.